The first-order valence-corrected chi connectivity index (χ1v) is 11.8. The number of carboxylic acids is 1. The van der Waals surface area contributed by atoms with Gasteiger partial charge in [0.05, 0.1) is 5.52 Å². The molecular weight excluding hydrogens is 544 g/mol. The van der Waals surface area contributed by atoms with Crippen LogP contribution in [-0.4, -0.2) is 56.9 Å². The van der Waals surface area contributed by atoms with Crippen molar-refractivity contribution in [3.05, 3.63) is 88.9 Å². The van der Waals surface area contributed by atoms with Crippen LogP contribution in [0.2, 0.25) is 0 Å². The maximum absolute atomic E-state index is 14.4. The van der Waals surface area contributed by atoms with Gasteiger partial charge >= 0.3 is 5.97 Å². The van der Waals surface area contributed by atoms with Crippen molar-refractivity contribution in [2.45, 2.75) is 25.6 Å². The smallest absolute Gasteiger partial charge is 0.321 e. The molecule has 0 fully saturated rings. The molecule has 204 valence electrons. The van der Waals surface area contributed by atoms with Crippen LogP contribution in [0.25, 0.3) is 22.0 Å². The average molecular weight is 572 g/mol. The summed E-state index contributed by atoms with van der Waals surface area (Å²) >= 11 is 0. The lowest BCUT2D eigenvalue weighted by Gasteiger charge is -2.22. The molecule has 8 nitrogen and oxygen atoms in total. The van der Waals surface area contributed by atoms with Crippen molar-refractivity contribution in [2.24, 2.45) is 0 Å². The van der Waals surface area contributed by atoms with Crippen LogP contribution in [0, 0.1) is 5.82 Å². The molecule has 0 aliphatic carbocycles. The van der Waals surface area contributed by atoms with Crippen molar-refractivity contribution < 1.29 is 19.1 Å². The number of carboxylic acid groups (broad SMARTS) is 1. The maximum atomic E-state index is 14.4. The van der Waals surface area contributed by atoms with Crippen molar-refractivity contribution in [1.82, 2.24) is 19.8 Å². The Labute approximate surface area is 237 Å². The number of nitrogens with zero attached hydrogens (tertiary/aromatic N) is 4. The maximum Gasteiger partial charge on any atom is 0.321 e. The summed E-state index contributed by atoms with van der Waals surface area (Å²) in [6, 6.07) is 16.6. The normalized spacial score (nSPS) is 13.0. The number of carbonyl (C=O) groups is 2. The molecule has 1 aromatic heterocycles. The van der Waals surface area contributed by atoms with E-state index in [1.165, 1.54) is 12.1 Å². The zero-order valence-corrected chi connectivity index (χ0v) is 22.9. The van der Waals surface area contributed by atoms with E-state index in [4.69, 9.17) is 5.73 Å². The van der Waals surface area contributed by atoms with E-state index < -0.39 is 17.8 Å². The molecule has 1 unspecified atom stereocenters. The van der Waals surface area contributed by atoms with E-state index in [1.54, 1.807) is 48.2 Å². The predicted octanol–water partition coefficient (Wildman–Crippen LogP) is 4.58. The Morgan fingerprint density at radius 2 is 1.69 bits per heavy atom. The lowest BCUT2D eigenvalue weighted by atomic mass is 9.93. The standard InChI is InChI=1S/C28H26FN5O3.2ClH/c1-33(2)24(27(36)37)12-17-7-9-20(29)13-21(17)16-8-10-23-22(11-16)25(32-28(30)31-23)26(35)34-14-18-5-3-4-6-19(18)15-34;;/h3-11,13,24H,12,14-15H2,1-2H3,(H,36,37)(H2,30,31,32);2*1H. The number of nitrogen functional groups attached to an aromatic ring is 1. The summed E-state index contributed by atoms with van der Waals surface area (Å²) in [6.45, 7) is 0.935. The molecular formula is C28H28Cl2FN5O3. The van der Waals surface area contributed by atoms with E-state index in [2.05, 4.69) is 9.97 Å². The number of aromatic nitrogens is 2. The minimum Gasteiger partial charge on any atom is -0.480 e. The van der Waals surface area contributed by atoms with Gasteiger partial charge in [0.2, 0.25) is 5.95 Å². The zero-order valence-electron chi connectivity index (χ0n) is 21.3. The van der Waals surface area contributed by atoms with E-state index in [0.717, 1.165) is 11.1 Å². The summed E-state index contributed by atoms with van der Waals surface area (Å²) in [5.41, 5.74) is 10.6. The Kier molecular flexibility index (Phi) is 9.11. The summed E-state index contributed by atoms with van der Waals surface area (Å²) in [4.78, 5) is 37.3. The van der Waals surface area contributed by atoms with Crippen LogP contribution in [0.15, 0.2) is 60.7 Å². The van der Waals surface area contributed by atoms with Gasteiger partial charge in [0, 0.05) is 18.5 Å². The Morgan fingerprint density at radius 3 is 2.31 bits per heavy atom. The van der Waals surface area contributed by atoms with Gasteiger partial charge in [-0.25, -0.2) is 14.4 Å². The molecule has 3 aromatic carbocycles. The Balaban J connectivity index is 0.00000210. The van der Waals surface area contributed by atoms with Gasteiger partial charge < -0.3 is 15.7 Å². The number of anilines is 1. The lowest BCUT2D eigenvalue weighted by Crippen LogP contribution is -2.37. The number of fused-ring (bicyclic) bond motifs is 2. The van der Waals surface area contributed by atoms with E-state index in [9.17, 15) is 19.1 Å². The number of halogens is 3. The summed E-state index contributed by atoms with van der Waals surface area (Å²) < 4.78 is 14.4. The van der Waals surface area contributed by atoms with Crippen molar-refractivity contribution in [3.8, 4) is 11.1 Å². The second kappa shape index (κ2) is 11.9. The minimum absolute atomic E-state index is 0. The molecule has 0 radical (unpaired) electrons. The highest BCUT2D eigenvalue weighted by molar-refractivity contribution is 6.06. The van der Waals surface area contributed by atoms with Gasteiger partial charge in [0.25, 0.3) is 5.91 Å². The van der Waals surface area contributed by atoms with Crippen LogP contribution < -0.4 is 5.73 Å². The number of rotatable bonds is 6. The Hall–Kier alpha value is -3.79. The topological polar surface area (TPSA) is 113 Å². The molecule has 0 spiro atoms. The third kappa shape index (κ3) is 5.95. The van der Waals surface area contributed by atoms with Crippen LogP contribution in [-0.2, 0) is 24.3 Å². The van der Waals surface area contributed by atoms with Crippen LogP contribution in [0.5, 0.6) is 0 Å². The van der Waals surface area contributed by atoms with E-state index >= 15 is 0 Å². The summed E-state index contributed by atoms with van der Waals surface area (Å²) in [7, 11) is 3.38. The molecule has 0 saturated heterocycles. The first kappa shape index (κ1) is 29.8. The third-order valence-corrected chi connectivity index (χ3v) is 6.75. The third-order valence-electron chi connectivity index (χ3n) is 6.75. The first-order chi connectivity index (χ1) is 17.7. The van der Waals surface area contributed by atoms with Gasteiger partial charge in [0.1, 0.15) is 17.6 Å². The molecule has 11 heteroatoms. The largest absolute Gasteiger partial charge is 0.480 e. The van der Waals surface area contributed by atoms with Crippen LogP contribution in [0.4, 0.5) is 10.3 Å². The summed E-state index contributed by atoms with van der Waals surface area (Å²) in [5.74, 6) is -1.70. The number of nitrogens with two attached hydrogens (primary N) is 1. The van der Waals surface area contributed by atoms with Crippen molar-refractivity contribution >= 4 is 53.5 Å². The second-order valence-electron chi connectivity index (χ2n) is 9.42. The highest BCUT2D eigenvalue weighted by Crippen LogP contribution is 2.32. The molecule has 2 heterocycles. The van der Waals surface area contributed by atoms with E-state index in [-0.39, 0.29) is 48.8 Å². The summed E-state index contributed by atoms with van der Waals surface area (Å²) in [6.07, 6.45) is 0.173. The van der Waals surface area contributed by atoms with Gasteiger partial charge in [-0.15, -0.1) is 24.8 Å². The van der Waals surface area contributed by atoms with Gasteiger partial charge in [-0.3, -0.25) is 14.5 Å². The quantitative estimate of drug-likeness (QED) is 0.348. The monoisotopic (exact) mass is 571 g/mol. The molecule has 39 heavy (non-hydrogen) atoms. The Morgan fingerprint density at radius 1 is 1.03 bits per heavy atom. The first-order valence-electron chi connectivity index (χ1n) is 11.8. The minimum atomic E-state index is -0.970. The van der Waals surface area contributed by atoms with Gasteiger partial charge in [-0.2, -0.15) is 0 Å². The van der Waals surface area contributed by atoms with Gasteiger partial charge in [0.15, 0.2) is 0 Å². The van der Waals surface area contributed by atoms with Crippen molar-refractivity contribution in [1.29, 1.82) is 0 Å². The second-order valence-corrected chi connectivity index (χ2v) is 9.42. The number of aliphatic carboxylic acids is 1. The highest BCUT2D eigenvalue weighted by Gasteiger charge is 2.27. The number of carbonyl (C=O) groups excluding carboxylic acids is 1. The van der Waals surface area contributed by atoms with Crippen LogP contribution >= 0.6 is 24.8 Å². The molecule has 0 bridgehead atoms. The Bertz CT molecular complexity index is 1520. The van der Waals surface area contributed by atoms with Crippen LogP contribution in [0.3, 0.4) is 0 Å². The number of hydrogen-bond donors (Lipinski definition) is 2. The molecule has 4 aromatic rings. The fourth-order valence-corrected chi connectivity index (χ4v) is 4.80. The molecule has 1 atom stereocenters. The van der Waals surface area contributed by atoms with Gasteiger partial charge in [-0.05, 0) is 72.6 Å². The lowest BCUT2D eigenvalue weighted by molar-refractivity contribution is -0.142. The molecule has 0 saturated carbocycles. The molecule has 3 N–H and O–H groups in total. The number of hydrogen-bond acceptors (Lipinski definition) is 6. The SMILES string of the molecule is CN(C)C(Cc1ccc(F)cc1-c1ccc2nc(N)nc(C(=O)N3Cc4ccccc4C3)c2c1)C(=O)O.Cl.Cl. The number of benzene rings is 3. The highest BCUT2D eigenvalue weighted by atomic mass is 35.5. The molecule has 1 amide bonds. The van der Waals surface area contributed by atoms with Crippen molar-refractivity contribution in [2.75, 3.05) is 19.8 Å². The fraction of sp³-hybridized carbons (Fsp3) is 0.214. The van der Waals surface area contributed by atoms with Crippen molar-refractivity contribution in [3.63, 3.8) is 0 Å². The van der Waals surface area contributed by atoms with E-state index in [0.29, 0.717) is 40.7 Å². The van der Waals surface area contributed by atoms with Gasteiger partial charge in [-0.1, -0.05) is 36.4 Å². The fourth-order valence-electron chi connectivity index (χ4n) is 4.80. The zero-order chi connectivity index (χ0) is 26.3. The number of amides is 1. The predicted molar refractivity (Wildman–Crippen MR) is 153 cm³/mol. The molecule has 5 rings (SSSR count). The molecule has 1 aliphatic heterocycles. The van der Waals surface area contributed by atoms with E-state index in [1.807, 2.05) is 24.3 Å². The number of likely N-dealkylation sites (N-methyl/N-ethyl adjacent to an activating group) is 1. The average Bonchev–Trinajstić information content (AvgIpc) is 3.30. The molecule has 1 aliphatic rings. The van der Waals surface area contributed by atoms with Crippen LogP contribution in [0.1, 0.15) is 27.2 Å². The summed E-state index contributed by atoms with van der Waals surface area (Å²) in [5, 5.41) is 10.2.